The summed E-state index contributed by atoms with van der Waals surface area (Å²) in [6, 6.07) is 4.76. The number of anilines is 1. The van der Waals surface area contributed by atoms with Gasteiger partial charge in [0.1, 0.15) is 5.82 Å². The molecular formula is C12H16FNO2. The van der Waals surface area contributed by atoms with E-state index in [2.05, 4.69) is 0 Å². The van der Waals surface area contributed by atoms with E-state index in [4.69, 9.17) is 15.2 Å². The summed E-state index contributed by atoms with van der Waals surface area (Å²) in [5, 5.41) is 0. The summed E-state index contributed by atoms with van der Waals surface area (Å²) < 4.78 is 23.9. The smallest absolute Gasteiger partial charge is 0.146 e. The average molecular weight is 225 g/mol. The zero-order valence-corrected chi connectivity index (χ0v) is 9.12. The molecule has 0 amide bonds. The first-order chi connectivity index (χ1) is 7.75. The number of nitrogen functional groups attached to an aromatic ring is 1. The summed E-state index contributed by atoms with van der Waals surface area (Å²) in [6.45, 7) is 2.69. The third-order valence-corrected chi connectivity index (χ3v) is 2.71. The maximum Gasteiger partial charge on any atom is 0.146 e. The van der Waals surface area contributed by atoms with Crippen molar-refractivity contribution >= 4 is 5.69 Å². The molecule has 1 aromatic rings. The first-order valence-electron chi connectivity index (χ1n) is 5.45. The van der Waals surface area contributed by atoms with Crippen LogP contribution in [0.3, 0.4) is 0 Å². The number of benzene rings is 1. The van der Waals surface area contributed by atoms with E-state index in [-0.39, 0.29) is 11.5 Å². The van der Waals surface area contributed by atoms with Crippen LogP contribution in [-0.2, 0) is 16.1 Å². The molecule has 1 aliphatic heterocycles. The van der Waals surface area contributed by atoms with Crippen LogP contribution in [0.5, 0.6) is 0 Å². The molecule has 0 radical (unpaired) electrons. The molecule has 3 nitrogen and oxygen atoms in total. The van der Waals surface area contributed by atoms with Crippen LogP contribution >= 0.6 is 0 Å². The molecule has 0 aromatic heterocycles. The Balaban J connectivity index is 1.78. The van der Waals surface area contributed by atoms with Gasteiger partial charge < -0.3 is 15.2 Å². The van der Waals surface area contributed by atoms with E-state index in [9.17, 15) is 4.39 Å². The van der Waals surface area contributed by atoms with E-state index in [1.54, 1.807) is 12.1 Å². The van der Waals surface area contributed by atoms with Gasteiger partial charge in [-0.15, -0.1) is 0 Å². The second-order valence-corrected chi connectivity index (χ2v) is 4.10. The number of ether oxygens (including phenoxy) is 2. The summed E-state index contributed by atoms with van der Waals surface area (Å²) >= 11 is 0. The largest absolute Gasteiger partial charge is 0.396 e. The Labute approximate surface area is 94.3 Å². The van der Waals surface area contributed by atoms with Crippen LogP contribution in [-0.4, -0.2) is 19.8 Å². The van der Waals surface area contributed by atoms with Gasteiger partial charge in [0.15, 0.2) is 0 Å². The van der Waals surface area contributed by atoms with Crippen LogP contribution in [0.25, 0.3) is 0 Å². The van der Waals surface area contributed by atoms with E-state index in [0.29, 0.717) is 19.1 Å². The fraction of sp³-hybridized carbons (Fsp3) is 0.500. The Morgan fingerprint density at radius 2 is 2.38 bits per heavy atom. The molecule has 1 unspecified atom stereocenters. The molecule has 1 fully saturated rings. The van der Waals surface area contributed by atoms with Crippen molar-refractivity contribution in [2.75, 3.05) is 25.6 Å². The highest BCUT2D eigenvalue weighted by molar-refractivity contribution is 5.41. The number of hydrogen-bond donors (Lipinski definition) is 1. The average Bonchev–Trinajstić information content (AvgIpc) is 2.76. The van der Waals surface area contributed by atoms with E-state index < -0.39 is 0 Å². The highest BCUT2D eigenvalue weighted by Crippen LogP contribution is 2.15. The molecule has 2 rings (SSSR count). The molecule has 0 spiro atoms. The fourth-order valence-electron chi connectivity index (χ4n) is 1.72. The molecule has 16 heavy (non-hydrogen) atoms. The minimum Gasteiger partial charge on any atom is -0.396 e. The van der Waals surface area contributed by atoms with Crippen LogP contribution in [0.4, 0.5) is 10.1 Å². The minimum absolute atomic E-state index is 0.174. The number of nitrogens with two attached hydrogens (primary N) is 1. The summed E-state index contributed by atoms with van der Waals surface area (Å²) in [5.74, 6) is 0.101. The van der Waals surface area contributed by atoms with Crippen molar-refractivity contribution in [1.82, 2.24) is 0 Å². The lowest BCUT2D eigenvalue weighted by atomic mass is 10.1. The van der Waals surface area contributed by atoms with Gasteiger partial charge in [0.2, 0.25) is 0 Å². The summed E-state index contributed by atoms with van der Waals surface area (Å²) in [4.78, 5) is 0. The van der Waals surface area contributed by atoms with Crippen molar-refractivity contribution < 1.29 is 13.9 Å². The second kappa shape index (κ2) is 5.27. The molecule has 1 aromatic carbocycles. The van der Waals surface area contributed by atoms with Gasteiger partial charge in [-0.2, -0.15) is 0 Å². The quantitative estimate of drug-likeness (QED) is 0.797. The molecule has 4 heteroatoms. The van der Waals surface area contributed by atoms with Crippen LogP contribution in [0.15, 0.2) is 18.2 Å². The Kier molecular flexibility index (Phi) is 3.74. The van der Waals surface area contributed by atoms with Gasteiger partial charge in [0.05, 0.1) is 25.5 Å². The lowest BCUT2D eigenvalue weighted by Crippen LogP contribution is -2.09. The number of halogens is 1. The fourth-order valence-corrected chi connectivity index (χ4v) is 1.72. The lowest BCUT2D eigenvalue weighted by Gasteiger charge is -2.09. The molecule has 1 heterocycles. The second-order valence-electron chi connectivity index (χ2n) is 4.10. The van der Waals surface area contributed by atoms with Gasteiger partial charge in [-0.05, 0) is 24.1 Å². The third kappa shape index (κ3) is 2.93. The summed E-state index contributed by atoms with van der Waals surface area (Å²) in [6.07, 6.45) is 1.05. The third-order valence-electron chi connectivity index (χ3n) is 2.71. The molecule has 0 saturated carbocycles. The van der Waals surface area contributed by atoms with Crippen molar-refractivity contribution in [2.24, 2.45) is 5.92 Å². The molecule has 1 atom stereocenters. The minimum atomic E-state index is -0.384. The van der Waals surface area contributed by atoms with Gasteiger partial charge in [0, 0.05) is 12.5 Å². The first kappa shape index (κ1) is 11.4. The zero-order chi connectivity index (χ0) is 11.4. The van der Waals surface area contributed by atoms with Crippen molar-refractivity contribution in [2.45, 2.75) is 13.0 Å². The Bertz CT molecular complexity index is 351. The SMILES string of the molecule is Nc1ccc(COCC2CCOC2)cc1F. The molecule has 1 saturated heterocycles. The first-order valence-corrected chi connectivity index (χ1v) is 5.45. The van der Waals surface area contributed by atoms with E-state index in [1.807, 2.05) is 0 Å². The van der Waals surface area contributed by atoms with Crippen LogP contribution in [0.2, 0.25) is 0 Å². The Morgan fingerprint density at radius 1 is 1.50 bits per heavy atom. The topological polar surface area (TPSA) is 44.5 Å². The van der Waals surface area contributed by atoms with Crippen LogP contribution in [0.1, 0.15) is 12.0 Å². The standard InChI is InChI=1S/C12H16FNO2/c13-11-5-9(1-2-12(11)14)6-16-8-10-3-4-15-7-10/h1-2,5,10H,3-4,6-8,14H2. The number of hydrogen-bond acceptors (Lipinski definition) is 3. The molecule has 2 N–H and O–H groups in total. The van der Waals surface area contributed by atoms with Crippen molar-refractivity contribution in [3.63, 3.8) is 0 Å². The monoisotopic (exact) mass is 225 g/mol. The van der Waals surface area contributed by atoms with Crippen LogP contribution in [0, 0.1) is 11.7 Å². The summed E-state index contributed by atoms with van der Waals surface area (Å²) in [7, 11) is 0. The zero-order valence-electron chi connectivity index (χ0n) is 9.12. The number of rotatable bonds is 4. The van der Waals surface area contributed by atoms with Crippen molar-refractivity contribution in [3.05, 3.63) is 29.6 Å². The Hall–Kier alpha value is -1.13. The predicted octanol–water partition coefficient (Wildman–Crippen LogP) is 1.96. The predicted molar refractivity (Wildman–Crippen MR) is 59.4 cm³/mol. The van der Waals surface area contributed by atoms with Gasteiger partial charge in [0.25, 0.3) is 0 Å². The van der Waals surface area contributed by atoms with E-state index in [1.165, 1.54) is 6.07 Å². The highest BCUT2D eigenvalue weighted by Gasteiger charge is 2.15. The van der Waals surface area contributed by atoms with Crippen molar-refractivity contribution in [1.29, 1.82) is 0 Å². The maximum absolute atomic E-state index is 13.1. The molecular weight excluding hydrogens is 209 g/mol. The van der Waals surface area contributed by atoms with E-state index >= 15 is 0 Å². The van der Waals surface area contributed by atoms with Gasteiger partial charge >= 0.3 is 0 Å². The Morgan fingerprint density at radius 3 is 3.06 bits per heavy atom. The van der Waals surface area contributed by atoms with Gasteiger partial charge in [-0.1, -0.05) is 6.07 Å². The summed E-state index contributed by atoms with van der Waals surface area (Å²) in [5.41, 5.74) is 6.37. The lowest BCUT2D eigenvalue weighted by molar-refractivity contribution is 0.0790. The molecule has 1 aliphatic rings. The normalized spacial score (nSPS) is 20.2. The maximum atomic E-state index is 13.1. The highest BCUT2D eigenvalue weighted by atomic mass is 19.1. The van der Waals surface area contributed by atoms with Gasteiger partial charge in [-0.3, -0.25) is 0 Å². The molecule has 88 valence electrons. The molecule has 0 bridgehead atoms. The van der Waals surface area contributed by atoms with Crippen molar-refractivity contribution in [3.8, 4) is 0 Å². The van der Waals surface area contributed by atoms with Crippen LogP contribution < -0.4 is 5.73 Å². The molecule has 0 aliphatic carbocycles. The van der Waals surface area contributed by atoms with Gasteiger partial charge in [-0.25, -0.2) is 4.39 Å². The van der Waals surface area contributed by atoms with E-state index in [0.717, 1.165) is 25.2 Å².